The van der Waals surface area contributed by atoms with Crippen LogP contribution in [0.25, 0.3) is 10.2 Å². The molecule has 1 aliphatic rings. The molecule has 1 amide bonds. The standard InChI is InChI=1S/C20H22N4O2S/c1-24-8-7-16-13(11-24)9-15-17(21)18(27-20(15)23-16)19(25)22-10-12-3-5-14(26-2)6-4-12/h3-6,9H,7-8,10-11,21H2,1-2H3,(H,22,25)/p+1. The lowest BCUT2D eigenvalue weighted by molar-refractivity contribution is -0.895. The van der Waals surface area contributed by atoms with Gasteiger partial charge in [-0.3, -0.25) is 4.79 Å². The summed E-state index contributed by atoms with van der Waals surface area (Å²) in [6.07, 6.45) is 0.966. The Bertz CT molecular complexity index is 997. The summed E-state index contributed by atoms with van der Waals surface area (Å²) in [5.41, 5.74) is 10.2. The third-order valence-corrected chi connectivity index (χ3v) is 6.10. The molecule has 7 heteroatoms. The number of methoxy groups -OCH3 is 1. The maximum Gasteiger partial charge on any atom is 0.263 e. The molecule has 1 atom stereocenters. The van der Waals surface area contributed by atoms with Crippen molar-refractivity contribution in [1.29, 1.82) is 0 Å². The van der Waals surface area contributed by atoms with Crippen molar-refractivity contribution < 1.29 is 14.4 Å². The first-order valence-corrected chi connectivity index (χ1v) is 9.80. The molecule has 0 spiro atoms. The Kier molecular flexibility index (Phi) is 4.72. The Morgan fingerprint density at radius 1 is 1.37 bits per heavy atom. The molecule has 1 unspecified atom stereocenters. The first-order valence-electron chi connectivity index (χ1n) is 8.98. The van der Waals surface area contributed by atoms with Gasteiger partial charge in [-0.25, -0.2) is 4.98 Å². The minimum Gasteiger partial charge on any atom is -0.497 e. The summed E-state index contributed by atoms with van der Waals surface area (Å²) < 4.78 is 5.15. The van der Waals surface area contributed by atoms with Gasteiger partial charge in [0.25, 0.3) is 5.91 Å². The van der Waals surface area contributed by atoms with Gasteiger partial charge < -0.3 is 20.7 Å². The second-order valence-electron chi connectivity index (χ2n) is 6.96. The number of carbonyl (C=O) groups excluding carboxylic acids is 1. The van der Waals surface area contributed by atoms with Crippen molar-refractivity contribution >= 4 is 33.1 Å². The van der Waals surface area contributed by atoms with Gasteiger partial charge in [-0.15, -0.1) is 11.3 Å². The highest BCUT2D eigenvalue weighted by atomic mass is 32.1. The molecule has 0 radical (unpaired) electrons. The van der Waals surface area contributed by atoms with E-state index in [9.17, 15) is 4.79 Å². The van der Waals surface area contributed by atoms with Crippen molar-refractivity contribution in [3.05, 3.63) is 52.0 Å². The smallest absolute Gasteiger partial charge is 0.263 e. The number of fused-ring (bicyclic) bond motifs is 2. The molecule has 140 valence electrons. The number of rotatable bonds is 4. The molecule has 1 aliphatic heterocycles. The van der Waals surface area contributed by atoms with Gasteiger partial charge in [-0.1, -0.05) is 12.1 Å². The van der Waals surface area contributed by atoms with Crippen molar-refractivity contribution in [1.82, 2.24) is 10.3 Å². The van der Waals surface area contributed by atoms with Crippen molar-refractivity contribution in [3.8, 4) is 5.75 Å². The molecule has 0 saturated carbocycles. The number of amides is 1. The number of nitrogens with two attached hydrogens (primary N) is 1. The van der Waals surface area contributed by atoms with Crippen molar-refractivity contribution in [2.45, 2.75) is 19.5 Å². The van der Waals surface area contributed by atoms with Crippen LogP contribution in [0.4, 0.5) is 5.69 Å². The molecule has 4 rings (SSSR count). The Morgan fingerprint density at radius 3 is 2.89 bits per heavy atom. The largest absolute Gasteiger partial charge is 0.497 e. The minimum atomic E-state index is -0.160. The van der Waals surface area contributed by atoms with Crippen LogP contribution in [0, 0.1) is 0 Å². The van der Waals surface area contributed by atoms with Crippen LogP contribution in [0.15, 0.2) is 30.3 Å². The van der Waals surface area contributed by atoms with Crippen LogP contribution < -0.4 is 20.7 Å². The van der Waals surface area contributed by atoms with Crippen LogP contribution in [0.1, 0.15) is 26.5 Å². The van der Waals surface area contributed by atoms with E-state index in [1.165, 1.54) is 21.8 Å². The zero-order chi connectivity index (χ0) is 19.0. The third kappa shape index (κ3) is 3.48. The maximum absolute atomic E-state index is 12.7. The third-order valence-electron chi connectivity index (χ3n) is 4.99. The summed E-state index contributed by atoms with van der Waals surface area (Å²) in [7, 11) is 3.81. The molecule has 4 N–H and O–H groups in total. The number of likely N-dealkylation sites (N-methyl/N-ethyl adjacent to an activating group) is 1. The van der Waals surface area contributed by atoms with E-state index in [0.717, 1.165) is 46.7 Å². The fourth-order valence-electron chi connectivity index (χ4n) is 3.41. The average Bonchev–Trinajstić information content (AvgIpc) is 3.00. The zero-order valence-corrected chi connectivity index (χ0v) is 16.3. The number of quaternary nitrogens is 1. The van der Waals surface area contributed by atoms with Crippen LogP contribution in [0.5, 0.6) is 5.75 Å². The van der Waals surface area contributed by atoms with E-state index in [1.54, 1.807) is 7.11 Å². The van der Waals surface area contributed by atoms with Gasteiger partial charge in [0.2, 0.25) is 0 Å². The second kappa shape index (κ2) is 7.17. The number of hydrogen-bond acceptors (Lipinski definition) is 5. The van der Waals surface area contributed by atoms with Gasteiger partial charge >= 0.3 is 0 Å². The van der Waals surface area contributed by atoms with E-state index in [4.69, 9.17) is 15.5 Å². The second-order valence-corrected chi connectivity index (χ2v) is 7.96. The van der Waals surface area contributed by atoms with Crippen LogP contribution in [-0.4, -0.2) is 31.6 Å². The maximum atomic E-state index is 12.7. The van der Waals surface area contributed by atoms with E-state index in [0.29, 0.717) is 17.1 Å². The van der Waals surface area contributed by atoms with E-state index in [1.807, 2.05) is 24.3 Å². The number of thiophene rings is 1. The lowest BCUT2D eigenvalue weighted by Gasteiger charge is -2.21. The van der Waals surface area contributed by atoms with E-state index in [2.05, 4.69) is 18.4 Å². The SMILES string of the molecule is COc1ccc(CNC(=O)c2sc3nc4c(cc3c2N)C[NH+](C)CC4)cc1. The van der Waals surface area contributed by atoms with Crippen LogP contribution in [0.3, 0.4) is 0 Å². The molecular weight excluding hydrogens is 360 g/mol. The van der Waals surface area contributed by atoms with Crippen LogP contribution in [-0.2, 0) is 19.5 Å². The number of anilines is 1. The zero-order valence-electron chi connectivity index (χ0n) is 15.5. The van der Waals surface area contributed by atoms with Crippen molar-refractivity contribution in [2.24, 2.45) is 0 Å². The molecule has 0 saturated heterocycles. The highest BCUT2D eigenvalue weighted by molar-refractivity contribution is 7.21. The number of ether oxygens (including phenoxy) is 1. The Hall–Kier alpha value is -2.64. The number of hydrogen-bond donors (Lipinski definition) is 3. The first-order chi connectivity index (χ1) is 13.0. The number of nitrogen functional groups attached to an aromatic ring is 1. The van der Waals surface area contributed by atoms with Gasteiger partial charge in [0.05, 0.1) is 32.1 Å². The predicted octanol–water partition coefficient (Wildman–Crippen LogP) is 1.39. The summed E-state index contributed by atoms with van der Waals surface area (Å²) in [4.78, 5) is 20.3. The van der Waals surface area contributed by atoms with Crippen molar-refractivity contribution in [2.75, 3.05) is 26.4 Å². The van der Waals surface area contributed by atoms with Crippen LogP contribution in [0.2, 0.25) is 0 Å². The molecule has 2 aromatic heterocycles. The molecule has 27 heavy (non-hydrogen) atoms. The van der Waals surface area contributed by atoms with Gasteiger partial charge in [0, 0.05) is 23.9 Å². The lowest BCUT2D eigenvalue weighted by Crippen LogP contribution is -3.08. The summed E-state index contributed by atoms with van der Waals surface area (Å²) in [5, 5.41) is 3.84. The number of nitrogens with one attached hydrogen (secondary N) is 2. The molecule has 6 nitrogen and oxygen atoms in total. The summed E-state index contributed by atoms with van der Waals surface area (Å²) >= 11 is 1.37. The molecular formula is C20H23N4O2S+. The summed E-state index contributed by atoms with van der Waals surface area (Å²) in [6.45, 7) is 2.47. The topological polar surface area (TPSA) is 81.7 Å². The molecule has 3 aromatic rings. The predicted molar refractivity (Wildman–Crippen MR) is 107 cm³/mol. The Balaban J connectivity index is 1.55. The lowest BCUT2D eigenvalue weighted by atomic mass is 10.0. The Labute approximate surface area is 162 Å². The minimum absolute atomic E-state index is 0.160. The number of pyridine rings is 1. The molecule has 3 heterocycles. The first kappa shape index (κ1) is 17.8. The molecule has 0 fully saturated rings. The summed E-state index contributed by atoms with van der Waals surface area (Å²) in [5.74, 6) is 0.633. The Morgan fingerprint density at radius 2 is 2.15 bits per heavy atom. The van der Waals surface area contributed by atoms with E-state index in [-0.39, 0.29) is 5.91 Å². The summed E-state index contributed by atoms with van der Waals surface area (Å²) in [6, 6.07) is 9.74. The van der Waals surface area contributed by atoms with Gasteiger partial charge in [0.1, 0.15) is 22.0 Å². The number of benzene rings is 1. The van der Waals surface area contributed by atoms with Gasteiger partial charge in [0.15, 0.2) is 0 Å². The highest BCUT2D eigenvalue weighted by Gasteiger charge is 2.22. The monoisotopic (exact) mass is 383 g/mol. The fourth-order valence-corrected chi connectivity index (χ4v) is 4.42. The number of carbonyl (C=O) groups is 1. The van der Waals surface area contributed by atoms with E-state index < -0.39 is 0 Å². The van der Waals surface area contributed by atoms with E-state index >= 15 is 0 Å². The quantitative estimate of drug-likeness (QED) is 0.636. The fraction of sp³-hybridized carbons (Fsp3) is 0.300. The number of nitrogens with zero attached hydrogens (tertiary/aromatic N) is 1. The van der Waals surface area contributed by atoms with Crippen molar-refractivity contribution in [3.63, 3.8) is 0 Å². The van der Waals surface area contributed by atoms with Gasteiger partial charge in [-0.05, 0) is 23.8 Å². The van der Waals surface area contributed by atoms with Gasteiger partial charge in [-0.2, -0.15) is 0 Å². The molecule has 1 aromatic carbocycles. The van der Waals surface area contributed by atoms with Crippen LogP contribution >= 0.6 is 11.3 Å². The molecule has 0 aliphatic carbocycles. The number of aromatic nitrogens is 1. The normalized spacial score (nSPS) is 16.1. The highest BCUT2D eigenvalue weighted by Crippen LogP contribution is 2.34. The molecule has 0 bridgehead atoms. The average molecular weight is 383 g/mol.